The van der Waals surface area contributed by atoms with Crippen molar-refractivity contribution < 1.29 is 57.0 Å². The minimum Gasteiger partial charge on any atom is -0.743 e. The summed E-state index contributed by atoms with van der Waals surface area (Å²) >= 11 is 0. The Labute approximate surface area is 164 Å². The maximum Gasteiger partial charge on any atom is 0.460 e. The summed E-state index contributed by atoms with van der Waals surface area (Å²) in [6.07, 6.45) is -3.18. The molecule has 0 aromatic rings. The Morgan fingerprint density at radius 3 is 1.17 bits per heavy atom. The lowest BCUT2D eigenvalue weighted by Crippen LogP contribution is -2.63. The number of hydrogen-bond acceptors (Lipinski definition) is 3. The molecule has 0 aromatic heterocycles. The first-order chi connectivity index (χ1) is 12.7. The van der Waals surface area contributed by atoms with Crippen LogP contribution >= 0.6 is 0 Å². The van der Waals surface area contributed by atoms with E-state index in [4.69, 9.17) is 0 Å². The Morgan fingerprint density at radius 2 is 1.00 bits per heavy atom. The summed E-state index contributed by atoms with van der Waals surface area (Å²) in [5.74, 6) is -14.8. The Hall–Kier alpha value is -0.760. The highest BCUT2D eigenvalue weighted by Crippen LogP contribution is 2.54. The molecule has 0 aliphatic rings. The predicted octanol–water partition coefficient (Wildman–Crippen LogP) is 5.01. The van der Waals surface area contributed by atoms with Crippen molar-refractivity contribution in [3.8, 4) is 0 Å². The summed E-state index contributed by atoms with van der Waals surface area (Å²) in [5.41, 5.74) is 0. The fraction of sp³-hybridized carbons (Fsp3) is 1.00. The summed E-state index contributed by atoms with van der Waals surface area (Å²) in [5, 5.41) is -7.11. The van der Waals surface area contributed by atoms with Gasteiger partial charge in [0.1, 0.15) is 0 Å². The van der Waals surface area contributed by atoms with Crippen LogP contribution in [-0.4, -0.2) is 66.9 Å². The molecule has 4 nitrogen and oxygen atoms in total. The Bertz CT molecular complexity index is 575. The molecular weight excluding hydrogens is 445 g/mol. The zero-order valence-corrected chi connectivity index (χ0v) is 17.2. The molecule has 0 saturated heterocycles. The molecule has 0 unspecified atom stereocenters. The van der Waals surface area contributed by atoms with E-state index in [1.807, 2.05) is 0 Å². The summed E-state index contributed by atoms with van der Waals surface area (Å²) in [7, 11) is -7.42. The number of hydrogen-bond donors (Lipinski definition) is 0. The first-order valence-corrected chi connectivity index (χ1v) is 10.2. The third-order valence-electron chi connectivity index (χ3n) is 4.19. The summed E-state index contributed by atoms with van der Waals surface area (Å²) < 4.78 is 137. The molecule has 0 amide bonds. The lowest BCUT2D eigenvalue weighted by Gasteiger charge is -2.37. The largest absolute Gasteiger partial charge is 0.743 e. The quantitative estimate of drug-likeness (QED) is 0.256. The minimum absolute atomic E-state index is 1.32. The van der Waals surface area contributed by atoms with Crippen LogP contribution in [0.4, 0.5) is 39.5 Å². The van der Waals surface area contributed by atoms with E-state index in [0.717, 1.165) is 0 Å². The third kappa shape index (κ3) is 6.88. The standard InChI is InChI=1S/C11H26N.C4HF9O3S/c1-5-9-12(8-4,10-6-2)11-7-3;5-1(6,3(9,10)11)2(7,8)4(12,13)17(14,15)16/h5-11H2,1-4H3;(H,14,15,16)/q+1;/p-1. The zero-order chi connectivity index (χ0) is 23.9. The van der Waals surface area contributed by atoms with Gasteiger partial charge in [0, 0.05) is 0 Å². The number of alkyl halides is 9. The second-order valence-electron chi connectivity index (χ2n) is 6.45. The van der Waals surface area contributed by atoms with Crippen molar-refractivity contribution in [2.24, 2.45) is 0 Å². The van der Waals surface area contributed by atoms with Crippen LogP contribution in [0.1, 0.15) is 47.0 Å². The molecule has 0 aromatic carbocycles. The van der Waals surface area contributed by atoms with Crippen LogP contribution in [0.2, 0.25) is 0 Å². The highest BCUT2D eigenvalue weighted by Gasteiger charge is 2.83. The van der Waals surface area contributed by atoms with Crippen LogP contribution in [0.3, 0.4) is 0 Å². The van der Waals surface area contributed by atoms with Crippen molar-refractivity contribution in [2.75, 3.05) is 26.2 Å². The Kier molecular flexibility index (Phi) is 11.0. The SMILES string of the molecule is CCC[N+](CC)(CCC)CCC.O=S(=O)([O-])C(F)(F)C(F)(F)C(F)(F)C(F)(F)F. The van der Waals surface area contributed by atoms with Crippen molar-refractivity contribution >= 4 is 10.1 Å². The van der Waals surface area contributed by atoms with E-state index in [1.54, 1.807) is 0 Å². The van der Waals surface area contributed by atoms with Gasteiger partial charge in [-0.05, 0) is 26.2 Å². The Morgan fingerprint density at radius 1 is 0.690 bits per heavy atom. The van der Waals surface area contributed by atoms with Gasteiger partial charge in [-0.25, -0.2) is 8.42 Å². The summed E-state index contributed by atoms with van der Waals surface area (Å²) in [6, 6.07) is 0. The zero-order valence-electron chi connectivity index (χ0n) is 16.4. The molecular formula is C15H26F9NO3S. The van der Waals surface area contributed by atoms with E-state index in [0.29, 0.717) is 0 Å². The molecule has 178 valence electrons. The average molecular weight is 471 g/mol. The fourth-order valence-corrected chi connectivity index (χ4v) is 3.19. The van der Waals surface area contributed by atoms with Crippen molar-refractivity contribution in [2.45, 2.75) is 70.2 Å². The summed E-state index contributed by atoms with van der Waals surface area (Å²) in [6.45, 7) is 14.7. The lowest BCUT2D eigenvalue weighted by molar-refractivity contribution is -0.926. The van der Waals surface area contributed by atoms with E-state index in [9.17, 15) is 52.5 Å². The number of quaternary nitrogens is 1. The molecule has 0 rings (SSSR count). The first-order valence-electron chi connectivity index (χ1n) is 8.75. The van der Waals surface area contributed by atoms with Gasteiger partial charge >= 0.3 is 23.3 Å². The van der Waals surface area contributed by atoms with Gasteiger partial charge in [-0.1, -0.05) is 20.8 Å². The maximum atomic E-state index is 12.2. The van der Waals surface area contributed by atoms with Gasteiger partial charge < -0.3 is 9.04 Å². The van der Waals surface area contributed by atoms with Crippen LogP contribution in [-0.2, 0) is 10.1 Å². The van der Waals surface area contributed by atoms with Crippen LogP contribution < -0.4 is 0 Å². The van der Waals surface area contributed by atoms with Gasteiger partial charge in [-0.3, -0.25) is 0 Å². The van der Waals surface area contributed by atoms with Gasteiger partial charge in [0.2, 0.25) is 0 Å². The third-order valence-corrected chi connectivity index (χ3v) is 5.08. The first kappa shape index (κ1) is 30.4. The van der Waals surface area contributed by atoms with Gasteiger partial charge in [0.05, 0.1) is 26.2 Å². The normalized spacial score (nSPS) is 14.4. The number of nitrogens with zero attached hydrogens (tertiary/aromatic N) is 1. The molecule has 0 heterocycles. The second-order valence-corrected chi connectivity index (χ2v) is 7.87. The molecule has 14 heteroatoms. The molecule has 29 heavy (non-hydrogen) atoms. The molecule has 0 radical (unpaired) electrons. The Balaban J connectivity index is 0. The predicted molar refractivity (Wildman–Crippen MR) is 86.9 cm³/mol. The topological polar surface area (TPSA) is 57.2 Å². The van der Waals surface area contributed by atoms with Crippen LogP contribution in [0.5, 0.6) is 0 Å². The van der Waals surface area contributed by atoms with Gasteiger partial charge in [-0.2, -0.15) is 39.5 Å². The summed E-state index contributed by atoms with van der Waals surface area (Å²) in [4.78, 5) is 0. The molecule has 0 spiro atoms. The van der Waals surface area contributed by atoms with E-state index < -0.39 is 33.4 Å². The molecule has 0 N–H and O–H groups in total. The van der Waals surface area contributed by atoms with Crippen molar-refractivity contribution in [1.82, 2.24) is 0 Å². The monoisotopic (exact) mass is 471 g/mol. The van der Waals surface area contributed by atoms with Crippen molar-refractivity contribution in [1.29, 1.82) is 0 Å². The molecule has 0 fully saturated rings. The van der Waals surface area contributed by atoms with Gasteiger partial charge in [0.25, 0.3) is 0 Å². The molecule has 0 aliphatic heterocycles. The average Bonchev–Trinajstić information content (AvgIpc) is 2.53. The molecule has 0 aliphatic carbocycles. The second kappa shape index (κ2) is 10.5. The maximum absolute atomic E-state index is 12.2. The van der Waals surface area contributed by atoms with Crippen LogP contribution in [0.25, 0.3) is 0 Å². The molecule has 0 atom stereocenters. The van der Waals surface area contributed by atoms with E-state index in [2.05, 4.69) is 27.7 Å². The highest BCUT2D eigenvalue weighted by atomic mass is 32.2. The van der Waals surface area contributed by atoms with Crippen molar-refractivity contribution in [3.63, 3.8) is 0 Å². The molecule has 0 bridgehead atoms. The van der Waals surface area contributed by atoms with Crippen molar-refractivity contribution in [3.05, 3.63) is 0 Å². The number of rotatable bonds is 10. The van der Waals surface area contributed by atoms with E-state index >= 15 is 0 Å². The number of halogens is 9. The fourth-order valence-electron chi connectivity index (χ4n) is 2.75. The van der Waals surface area contributed by atoms with E-state index in [-0.39, 0.29) is 0 Å². The van der Waals surface area contributed by atoms with Gasteiger partial charge in [0.15, 0.2) is 10.1 Å². The highest BCUT2D eigenvalue weighted by molar-refractivity contribution is 7.86. The van der Waals surface area contributed by atoms with Crippen LogP contribution in [0, 0.1) is 0 Å². The van der Waals surface area contributed by atoms with Gasteiger partial charge in [-0.15, -0.1) is 0 Å². The smallest absolute Gasteiger partial charge is 0.460 e. The molecule has 0 saturated carbocycles. The lowest BCUT2D eigenvalue weighted by atomic mass is 10.1. The van der Waals surface area contributed by atoms with Crippen LogP contribution in [0.15, 0.2) is 0 Å². The van der Waals surface area contributed by atoms with E-state index in [1.165, 1.54) is 49.9 Å². The minimum atomic E-state index is -7.43.